The molecule has 0 N–H and O–H groups in total. The Labute approximate surface area is 219 Å². The zero-order valence-electron chi connectivity index (χ0n) is 22.0. The summed E-state index contributed by atoms with van der Waals surface area (Å²) in [7, 11) is 1.78. The molecule has 3 aromatic rings. The van der Waals surface area contributed by atoms with Crippen LogP contribution >= 0.6 is 0 Å². The summed E-state index contributed by atoms with van der Waals surface area (Å²) in [6.45, 7) is 4.92. The van der Waals surface area contributed by atoms with E-state index in [9.17, 15) is 13.2 Å². The van der Waals surface area contributed by atoms with E-state index in [1.807, 2.05) is 57.1 Å². The van der Waals surface area contributed by atoms with Crippen LogP contribution in [0.4, 0.5) is 0 Å². The van der Waals surface area contributed by atoms with Gasteiger partial charge in [0.15, 0.2) is 9.84 Å². The van der Waals surface area contributed by atoms with Gasteiger partial charge in [-0.15, -0.1) is 0 Å². The normalized spacial score (nSPS) is 17.7. The van der Waals surface area contributed by atoms with Crippen LogP contribution in [0.2, 0.25) is 0 Å². The Kier molecular flexibility index (Phi) is 7.90. The second-order valence-electron chi connectivity index (χ2n) is 9.77. The Morgan fingerprint density at radius 1 is 1.00 bits per heavy atom. The number of nitrogens with zero attached hydrogens (tertiary/aromatic N) is 2. The zero-order chi connectivity index (χ0) is 26.7. The Bertz CT molecular complexity index is 1390. The van der Waals surface area contributed by atoms with E-state index < -0.39 is 9.84 Å². The predicted molar refractivity (Wildman–Crippen MR) is 144 cm³/mol. The van der Waals surface area contributed by atoms with Gasteiger partial charge in [0.25, 0.3) is 5.91 Å². The van der Waals surface area contributed by atoms with E-state index in [1.165, 1.54) is 7.11 Å². The zero-order valence-corrected chi connectivity index (χ0v) is 22.8. The first-order valence-electron chi connectivity index (χ1n) is 12.2. The fraction of sp³-hybridized carbons (Fsp3) is 0.345. The van der Waals surface area contributed by atoms with Gasteiger partial charge in [0.05, 0.1) is 25.4 Å². The van der Waals surface area contributed by atoms with Gasteiger partial charge in [0.2, 0.25) is 0 Å². The van der Waals surface area contributed by atoms with Crippen molar-refractivity contribution < 1.29 is 22.7 Å². The van der Waals surface area contributed by atoms with Crippen LogP contribution in [0, 0.1) is 13.8 Å². The highest BCUT2D eigenvalue weighted by Crippen LogP contribution is 2.28. The number of ether oxygens (including phenoxy) is 2. The Hall–Kier alpha value is -3.36. The molecule has 0 aliphatic carbocycles. The van der Waals surface area contributed by atoms with Crippen LogP contribution in [0.3, 0.4) is 0 Å². The van der Waals surface area contributed by atoms with Gasteiger partial charge in [-0.1, -0.05) is 42.0 Å². The van der Waals surface area contributed by atoms with Crippen molar-refractivity contribution in [3.8, 4) is 11.5 Å². The summed E-state index contributed by atoms with van der Waals surface area (Å²) in [5.41, 5.74) is 3.32. The average Bonchev–Trinajstić information content (AvgIpc) is 3.29. The van der Waals surface area contributed by atoms with Crippen LogP contribution in [0.25, 0.3) is 0 Å². The number of aryl methyl sites for hydroxylation is 2. The molecule has 8 heteroatoms. The molecule has 1 amide bonds. The number of methoxy groups -OCH3 is 1. The molecule has 1 aliphatic rings. The number of carbonyl (C=O) groups excluding carboxylic acids is 1. The maximum Gasteiger partial charge on any atom is 0.254 e. The molecule has 0 saturated carbocycles. The number of amides is 1. The highest BCUT2D eigenvalue weighted by atomic mass is 32.2. The summed E-state index contributed by atoms with van der Waals surface area (Å²) in [6, 6.07) is 19.7. The molecular formula is C29H34N2O5S. The molecule has 4 rings (SSSR count). The number of carbonyl (C=O) groups is 1. The van der Waals surface area contributed by atoms with Crippen LogP contribution < -0.4 is 9.47 Å². The van der Waals surface area contributed by atoms with Gasteiger partial charge < -0.3 is 19.3 Å². The van der Waals surface area contributed by atoms with Crippen molar-refractivity contribution in [3.05, 3.63) is 89.0 Å². The van der Waals surface area contributed by atoms with Crippen LogP contribution in [-0.2, 0) is 15.6 Å². The van der Waals surface area contributed by atoms with Crippen molar-refractivity contribution >= 4 is 15.7 Å². The lowest BCUT2D eigenvalue weighted by Gasteiger charge is -2.25. The molecule has 2 atom stereocenters. The largest absolute Gasteiger partial charge is 0.495 e. The molecular weight excluding hydrogens is 488 g/mol. The molecule has 7 nitrogen and oxygen atoms in total. The predicted octanol–water partition coefficient (Wildman–Crippen LogP) is 4.12. The van der Waals surface area contributed by atoms with E-state index in [-0.39, 0.29) is 28.7 Å². The maximum atomic E-state index is 13.4. The molecule has 196 valence electrons. The van der Waals surface area contributed by atoms with Crippen molar-refractivity contribution in [3.63, 3.8) is 0 Å². The fourth-order valence-electron chi connectivity index (χ4n) is 4.73. The number of benzene rings is 3. The Morgan fingerprint density at radius 3 is 2.49 bits per heavy atom. The van der Waals surface area contributed by atoms with Crippen molar-refractivity contribution in [1.29, 1.82) is 0 Å². The molecule has 3 aromatic carbocycles. The third kappa shape index (κ3) is 5.97. The van der Waals surface area contributed by atoms with Gasteiger partial charge in [-0.3, -0.25) is 4.79 Å². The fourth-order valence-corrected chi connectivity index (χ4v) is 6.24. The van der Waals surface area contributed by atoms with Gasteiger partial charge in [0, 0.05) is 12.1 Å². The van der Waals surface area contributed by atoms with Crippen molar-refractivity contribution in [2.75, 3.05) is 34.3 Å². The standard InChI is InChI=1S/C29H34N2O5S/c1-20-13-14-21(2)24(15-20)29(32)31-17-25(30(3)4)27(18-31)36-23-10-8-9-22(16-23)19-37(33,34)28-12-7-6-11-26(28)35-5/h6-16,25,27H,17-19H2,1-5H3. The van der Waals surface area contributed by atoms with E-state index in [4.69, 9.17) is 9.47 Å². The number of likely N-dealkylation sites (tertiary alicyclic amines) is 1. The molecule has 1 fully saturated rings. The SMILES string of the molecule is COc1ccccc1S(=O)(=O)Cc1cccc(OC2CN(C(=O)c3cc(C)ccc3C)CC2N(C)C)c1. The number of hydrogen-bond acceptors (Lipinski definition) is 6. The monoisotopic (exact) mass is 522 g/mol. The minimum atomic E-state index is -3.62. The summed E-state index contributed by atoms with van der Waals surface area (Å²) >= 11 is 0. The van der Waals surface area contributed by atoms with Gasteiger partial charge in [-0.25, -0.2) is 8.42 Å². The first kappa shape index (κ1) is 26.7. The number of para-hydroxylation sites is 1. The smallest absolute Gasteiger partial charge is 0.254 e. The number of hydrogen-bond donors (Lipinski definition) is 0. The van der Waals surface area contributed by atoms with E-state index >= 15 is 0 Å². The summed E-state index contributed by atoms with van der Waals surface area (Å²) in [4.78, 5) is 17.4. The van der Waals surface area contributed by atoms with Crippen molar-refractivity contribution in [1.82, 2.24) is 9.80 Å². The van der Waals surface area contributed by atoms with Gasteiger partial charge in [-0.2, -0.15) is 0 Å². The lowest BCUT2D eigenvalue weighted by Crippen LogP contribution is -2.41. The van der Waals surface area contributed by atoms with E-state index in [0.717, 1.165) is 11.1 Å². The molecule has 0 spiro atoms. The minimum Gasteiger partial charge on any atom is -0.495 e. The molecule has 1 heterocycles. The second kappa shape index (κ2) is 10.9. The van der Waals surface area contributed by atoms with Gasteiger partial charge >= 0.3 is 0 Å². The molecule has 1 aliphatic heterocycles. The van der Waals surface area contributed by atoms with Crippen molar-refractivity contribution in [2.24, 2.45) is 0 Å². The highest BCUT2D eigenvalue weighted by Gasteiger charge is 2.38. The summed E-state index contributed by atoms with van der Waals surface area (Å²) in [6.07, 6.45) is -0.259. The molecule has 0 radical (unpaired) electrons. The summed E-state index contributed by atoms with van der Waals surface area (Å²) in [5.74, 6) is 0.716. The average molecular weight is 523 g/mol. The van der Waals surface area contributed by atoms with E-state index in [0.29, 0.717) is 35.7 Å². The van der Waals surface area contributed by atoms with Crippen LogP contribution in [0.5, 0.6) is 11.5 Å². The molecule has 37 heavy (non-hydrogen) atoms. The molecule has 0 bridgehead atoms. The Morgan fingerprint density at radius 2 is 1.76 bits per heavy atom. The third-order valence-electron chi connectivity index (χ3n) is 6.76. The van der Waals surface area contributed by atoms with E-state index in [1.54, 1.807) is 42.5 Å². The lowest BCUT2D eigenvalue weighted by atomic mass is 10.0. The lowest BCUT2D eigenvalue weighted by molar-refractivity contribution is 0.0771. The molecule has 1 saturated heterocycles. The van der Waals surface area contributed by atoms with Crippen LogP contribution in [0.15, 0.2) is 71.6 Å². The second-order valence-corrected chi connectivity index (χ2v) is 11.7. The maximum absolute atomic E-state index is 13.4. The first-order chi connectivity index (χ1) is 17.6. The summed E-state index contributed by atoms with van der Waals surface area (Å²) < 4.78 is 37.8. The summed E-state index contributed by atoms with van der Waals surface area (Å²) in [5, 5.41) is 0. The topological polar surface area (TPSA) is 76.2 Å². The number of sulfone groups is 1. The molecule has 2 unspecified atom stereocenters. The third-order valence-corrected chi connectivity index (χ3v) is 8.48. The number of likely N-dealkylation sites (N-methyl/N-ethyl adjacent to an activating group) is 1. The number of rotatable bonds is 8. The molecule has 0 aromatic heterocycles. The van der Waals surface area contributed by atoms with Crippen molar-refractivity contribution in [2.45, 2.75) is 36.6 Å². The quantitative estimate of drug-likeness (QED) is 0.443. The van der Waals surface area contributed by atoms with Gasteiger partial charge in [0.1, 0.15) is 22.5 Å². The highest BCUT2D eigenvalue weighted by molar-refractivity contribution is 7.90. The van der Waals surface area contributed by atoms with Crippen LogP contribution in [0.1, 0.15) is 27.0 Å². The van der Waals surface area contributed by atoms with E-state index in [2.05, 4.69) is 4.90 Å². The van der Waals surface area contributed by atoms with Gasteiger partial charge in [-0.05, 0) is 69.4 Å². The first-order valence-corrected chi connectivity index (χ1v) is 13.9. The Balaban J connectivity index is 1.52. The minimum absolute atomic E-state index is 0.00389. The van der Waals surface area contributed by atoms with Crippen LogP contribution in [-0.4, -0.2) is 70.6 Å².